The van der Waals surface area contributed by atoms with Gasteiger partial charge in [-0.25, -0.2) is 0 Å². The third-order valence-corrected chi connectivity index (χ3v) is 3.12. The van der Waals surface area contributed by atoms with E-state index in [9.17, 15) is 9.90 Å². The lowest BCUT2D eigenvalue weighted by Crippen LogP contribution is -2.41. The fourth-order valence-electron chi connectivity index (χ4n) is 2.33. The van der Waals surface area contributed by atoms with E-state index in [1.807, 2.05) is 36.4 Å². The summed E-state index contributed by atoms with van der Waals surface area (Å²) in [6.07, 6.45) is 0.595. The van der Waals surface area contributed by atoms with Gasteiger partial charge >= 0.3 is 0 Å². The summed E-state index contributed by atoms with van der Waals surface area (Å²) in [5.74, 6) is -0.122. The molecule has 2 bridgehead atoms. The smallest absolute Gasteiger partial charge is 0.167 e. The number of hydrogen-bond donors (Lipinski definition) is 1. The first kappa shape index (κ1) is 9.75. The Labute approximate surface area is 93.4 Å². The Morgan fingerprint density at radius 3 is 2.75 bits per heavy atom. The van der Waals surface area contributed by atoms with Crippen LogP contribution in [0.1, 0.15) is 12.0 Å². The topological polar surface area (TPSA) is 46.5 Å². The molecule has 1 aromatic carbocycles. The van der Waals surface area contributed by atoms with E-state index in [4.69, 9.17) is 4.74 Å². The van der Waals surface area contributed by atoms with Gasteiger partial charge in [0.2, 0.25) is 0 Å². The lowest BCUT2D eigenvalue weighted by Gasteiger charge is -2.26. The van der Waals surface area contributed by atoms with Gasteiger partial charge in [-0.2, -0.15) is 0 Å². The molecule has 2 heterocycles. The molecular formula is C13H12O3. The Kier molecular flexibility index (Phi) is 2.16. The summed E-state index contributed by atoms with van der Waals surface area (Å²) in [4.78, 5) is 11.5. The maximum absolute atomic E-state index is 11.5. The second kappa shape index (κ2) is 3.54. The molecule has 1 aromatic rings. The van der Waals surface area contributed by atoms with Crippen LogP contribution in [0.5, 0.6) is 0 Å². The summed E-state index contributed by atoms with van der Waals surface area (Å²) < 4.78 is 5.58. The van der Waals surface area contributed by atoms with Gasteiger partial charge in [0.1, 0.15) is 12.2 Å². The van der Waals surface area contributed by atoms with Gasteiger partial charge in [0.05, 0.1) is 6.10 Å². The molecule has 3 rings (SSSR count). The van der Waals surface area contributed by atoms with Crippen LogP contribution in [0.4, 0.5) is 0 Å². The quantitative estimate of drug-likeness (QED) is 0.766. The van der Waals surface area contributed by atoms with Crippen molar-refractivity contribution in [2.45, 2.75) is 24.7 Å². The summed E-state index contributed by atoms with van der Waals surface area (Å²) in [5, 5.41) is 9.78. The Balaban J connectivity index is 1.99. The summed E-state index contributed by atoms with van der Waals surface area (Å²) in [5.41, 5.74) is 1.95. The van der Waals surface area contributed by atoms with Gasteiger partial charge in [-0.3, -0.25) is 4.79 Å². The van der Waals surface area contributed by atoms with Gasteiger partial charge in [-0.1, -0.05) is 30.3 Å². The molecule has 3 nitrogen and oxygen atoms in total. The van der Waals surface area contributed by atoms with Crippen LogP contribution in [0.2, 0.25) is 0 Å². The zero-order chi connectivity index (χ0) is 11.1. The standard InChI is InChI=1S/C13H12O3/c14-11-7-9-6-10(13(16-9)12(11)15)8-4-2-1-3-5-8/h1-6,9,12-13,15H,7H2/t9-,12+,13+/m1/s1. The van der Waals surface area contributed by atoms with Crippen molar-refractivity contribution in [1.82, 2.24) is 0 Å². The van der Waals surface area contributed by atoms with Crippen molar-refractivity contribution in [3.05, 3.63) is 42.0 Å². The number of benzene rings is 1. The first-order valence-corrected chi connectivity index (χ1v) is 5.39. The van der Waals surface area contributed by atoms with Crippen molar-refractivity contribution in [2.24, 2.45) is 0 Å². The van der Waals surface area contributed by atoms with Crippen molar-refractivity contribution < 1.29 is 14.6 Å². The largest absolute Gasteiger partial charge is 0.382 e. The second-order valence-electron chi connectivity index (χ2n) is 4.20. The van der Waals surface area contributed by atoms with E-state index in [1.165, 1.54) is 0 Å². The van der Waals surface area contributed by atoms with E-state index in [2.05, 4.69) is 0 Å². The molecule has 2 aliphatic heterocycles. The predicted molar refractivity (Wildman–Crippen MR) is 58.7 cm³/mol. The summed E-state index contributed by atoms with van der Waals surface area (Å²) >= 11 is 0. The van der Waals surface area contributed by atoms with Gasteiger partial charge in [0, 0.05) is 6.42 Å². The highest BCUT2D eigenvalue weighted by atomic mass is 16.5. The number of ketones is 1. The second-order valence-corrected chi connectivity index (χ2v) is 4.20. The third kappa shape index (κ3) is 1.40. The molecule has 0 radical (unpaired) electrons. The fraction of sp³-hybridized carbons (Fsp3) is 0.308. The number of aliphatic hydroxyl groups excluding tert-OH is 1. The molecule has 1 N–H and O–H groups in total. The SMILES string of the molecule is O=C1C[C@H]2C=C(c3ccccc3)[C@H](O2)[C@H]1O. The van der Waals surface area contributed by atoms with Crippen molar-refractivity contribution in [1.29, 1.82) is 0 Å². The predicted octanol–water partition coefficient (Wildman–Crippen LogP) is 1.17. The molecule has 82 valence electrons. The Bertz CT molecular complexity index is 450. The molecule has 0 aromatic heterocycles. The highest BCUT2D eigenvalue weighted by molar-refractivity contribution is 5.90. The number of carbonyl (C=O) groups is 1. The first-order chi connectivity index (χ1) is 7.75. The Morgan fingerprint density at radius 1 is 1.25 bits per heavy atom. The van der Waals surface area contributed by atoms with Crippen molar-refractivity contribution in [3.63, 3.8) is 0 Å². The van der Waals surface area contributed by atoms with Gasteiger partial charge in [-0.15, -0.1) is 0 Å². The zero-order valence-electron chi connectivity index (χ0n) is 8.67. The lowest BCUT2D eigenvalue weighted by atomic mass is 9.97. The summed E-state index contributed by atoms with van der Waals surface area (Å²) in [6.45, 7) is 0. The summed E-state index contributed by atoms with van der Waals surface area (Å²) in [7, 11) is 0. The molecule has 0 spiro atoms. The maximum Gasteiger partial charge on any atom is 0.167 e. The van der Waals surface area contributed by atoms with Crippen LogP contribution in [0.25, 0.3) is 5.57 Å². The maximum atomic E-state index is 11.5. The number of ether oxygens (including phenoxy) is 1. The van der Waals surface area contributed by atoms with E-state index in [0.717, 1.165) is 11.1 Å². The molecule has 0 aliphatic carbocycles. The lowest BCUT2D eigenvalue weighted by molar-refractivity contribution is -0.144. The Hall–Kier alpha value is -1.45. The number of hydrogen-bond acceptors (Lipinski definition) is 3. The van der Waals surface area contributed by atoms with Crippen molar-refractivity contribution >= 4 is 11.4 Å². The average molecular weight is 216 g/mol. The fourth-order valence-corrected chi connectivity index (χ4v) is 2.33. The van der Waals surface area contributed by atoms with Crippen molar-refractivity contribution in [2.75, 3.05) is 0 Å². The molecule has 0 unspecified atom stereocenters. The van der Waals surface area contributed by atoms with E-state index < -0.39 is 12.2 Å². The molecule has 1 saturated heterocycles. The highest BCUT2D eigenvalue weighted by Crippen LogP contribution is 2.36. The third-order valence-electron chi connectivity index (χ3n) is 3.12. The molecule has 3 heteroatoms. The van der Waals surface area contributed by atoms with E-state index in [1.54, 1.807) is 0 Å². The van der Waals surface area contributed by atoms with Crippen LogP contribution in [0, 0.1) is 0 Å². The average Bonchev–Trinajstić information content (AvgIpc) is 2.67. The minimum Gasteiger partial charge on any atom is -0.382 e. The van der Waals surface area contributed by atoms with E-state index in [0.29, 0.717) is 0 Å². The van der Waals surface area contributed by atoms with Crippen LogP contribution in [0.3, 0.4) is 0 Å². The van der Waals surface area contributed by atoms with Crippen LogP contribution >= 0.6 is 0 Å². The Morgan fingerprint density at radius 2 is 2.00 bits per heavy atom. The van der Waals surface area contributed by atoms with Gasteiger partial charge < -0.3 is 9.84 Å². The molecular weight excluding hydrogens is 204 g/mol. The number of carbonyl (C=O) groups excluding carboxylic acids is 1. The highest BCUT2D eigenvalue weighted by Gasteiger charge is 2.42. The van der Waals surface area contributed by atoms with E-state index in [-0.39, 0.29) is 18.3 Å². The minimum atomic E-state index is -1.01. The van der Waals surface area contributed by atoms with Crippen LogP contribution in [-0.2, 0) is 9.53 Å². The molecule has 16 heavy (non-hydrogen) atoms. The number of fused-ring (bicyclic) bond motifs is 2. The number of aliphatic hydroxyl groups is 1. The number of Topliss-reactive ketones (excluding diaryl/α,β-unsaturated/α-hetero) is 1. The monoisotopic (exact) mass is 216 g/mol. The molecule has 0 saturated carbocycles. The van der Waals surface area contributed by atoms with Crippen LogP contribution in [0.15, 0.2) is 36.4 Å². The molecule has 2 aliphatic rings. The zero-order valence-corrected chi connectivity index (χ0v) is 8.67. The van der Waals surface area contributed by atoms with Gasteiger partial charge in [0.15, 0.2) is 5.78 Å². The normalized spacial score (nSPS) is 32.7. The van der Waals surface area contributed by atoms with Gasteiger partial charge in [0.25, 0.3) is 0 Å². The van der Waals surface area contributed by atoms with Crippen molar-refractivity contribution in [3.8, 4) is 0 Å². The molecule has 1 fully saturated rings. The van der Waals surface area contributed by atoms with Crippen LogP contribution in [-0.4, -0.2) is 29.2 Å². The molecule has 0 amide bonds. The number of rotatable bonds is 1. The minimum absolute atomic E-state index is 0.122. The first-order valence-electron chi connectivity index (χ1n) is 5.39. The summed E-state index contributed by atoms with van der Waals surface area (Å²) in [6, 6.07) is 9.74. The van der Waals surface area contributed by atoms with Crippen LogP contribution < -0.4 is 0 Å². The van der Waals surface area contributed by atoms with E-state index >= 15 is 0 Å². The molecule has 3 atom stereocenters. The van der Waals surface area contributed by atoms with Gasteiger partial charge in [-0.05, 0) is 17.2 Å².